The molecule has 3 aliphatic rings. The maximum absolute atomic E-state index is 14.9. The molecule has 2 fully saturated rings. The minimum Gasteiger partial charge on any atom is -0.341 e. The molecule has 1 atom stereocenters. The highest BCUT2D eigenvalue weighted by molar-refractivity contribution is 5.78. The van der Waals surface area contributed by atoms with Gasteiger partial charge in [-0.25, -0.2) is 4.98 Å². The van der Waals surface area contributed by atoms with Gasteiger partial charge in [-0.2, -0.15) is 17.6 Å². The maximum Gasteiger partial charge on any atom is 0.340 e. The van der Waals surface area contributed by atoms with Gasteiger partial charge in [-0.3, -0.25) is 0 Å². The van der Waals surface area contributed by atoms with E-state index in [4.69, 9.17) is 0 Å². The molecule has 3 nitrogen and oxygen atoms in total. The lowest BCUT2D eigenvalue weighted by Crippen LogP contribution is -2.39. The van der Waals surface area contributed by atoms with Crippen LogP contribution >= 0.6 is 0 Å². The molecule has 2 N–H and O–H groups in total. The summed E-state index contributed by atoms with van der Waals surface area (Å²) < 4.78 is 59.2. The topological polar surface area (TPSA) is 40.7 Å². The Labute approximate surface area is 170 Å². The van der Waals surface area contributed by atoms with Crippen LogP contribution in [0, 0.1) is 5.41 Å². The summed E-state index contributed by atoms with van der Waals surface area (Å²) in [4.78, 5) is 7.63. The summed E-state index contributed by atoms with van der Waals surface area (Å²) in [7, 11) is 0. The van der Waals surface area contributed by atoms with Crippen molar-refractivity contribution in [1.29, 1.82) is 0 Å². The highest BCUT2D eigenvalue weighted by atomic mass is 19.3. The molecule has 154 valence electrons. The zero-order valence-corrected chi connectivity index (χ0v) is 16.0. The number of nitrogens with zero attached hydrogens (tertiary/aromatic N) is 1. The second-order valence-corrected chi connectivity index (χ2v) is 8.77. The van der Waals surface area contributed by atoms with Gasteiger partial charge in [0.25, 0.3) is 0 Å². The van der Waals surface area contributed by atoms with Gasteiger partial charge in [0.05, 0.1) is 17.9 Å². The Morgan fingerprint density at radius 2 is 1.63 bits per heavy atom. The van der Waals surface area contributed by atoms with Crippen LogP contribution < -0.4 is 5.32 Å². The smallest absolute Gasteiger partial charge is 0.340 e. The molecule has 30 heavy (non-hydrogen) atoms. The van der Waals surface area contributed by atoms with E-state index in [-0.39, 0.29) is 17.2 Å². The number of H-pyrrole nitrogens is 1. The SMILES string of the molecule is FC1(F)c2ccccc2-c2ccc(-c3cnc([C@@H]4CC5(CC5)CN4)[nH]3)cc2C1(F)F. The summed E-state index contributed by atoms with van der Waals surface area (Å²) in [6.45, 7) is 0.966. The lowest BCUT2D eigenvalue weighted by molar-refractivity contribution is -0.225. The Balaban J connectivity index is 1.41. The van der Waals surface area contributed by atoms with Crippen LogP contribution in [0.1, 0.15) is 42.3 Å². The third kappa shape index (κ3) is 2.38. The van der Waals surface area contributed by atoms with E-state index in [1.165, 1.54) is 37.1 Å². The Bertz CT molecular complexity index is 1160. The molecule has 1 saturated carbocycles. The summed E-state index contributed by atoms with van der Waals surface area (Å²) in [5.74, 6) is -7.82. The molecule has 1 saturated heterocycles. The number of imidazole rings is 1. The molecule has 0 unspecified atom stereocenters. The van der Waals surface area contributed by atoms with Gasteiger partial charge in [-0.15, -0.1) is 0 Å². The van der Waals surface area contributed by atoms with Crippen LogP contribution in [0.5, 0.6) is 0 Å². The number of aromatic amines is 1. The fraction of sp³-hybridized carbons (Fsp3) is 0.348. The van der Waals surface area contributed by atoms with E-state index in [1.54, 1.807) is 18.3 Å². The minimum absolute atomic E-state index is 0.108. The number of halogens is 4. The normalized spacial score (nSPS) is 24.5. The number of hydrogen-bond acceptors (Lipinski definition) is 2. The van der Waals surface area contributed by atoms with Gasteiger partial charge in [0.15, 0.2) is 0 Å². The minimum atomic E-state index is -4.30. The standard InChI is InChI=1S/C23H19F4N3/c24-22(25)16-4-2-1-3-14(16)15-6-5-13(9-17(15)23(22,26)27)19-11-28-20(30-19)18-10-21(7-8-21)12-29-18/h1-6,9,11,18,29H,7-8,10,12H2,(H,28,30)/t18-/m0/s1. The second-order valence-electron chi connectivity index (χ2n) is 8.77. The number of benzene rings is 2. The summed E-state index contributed by atoms with van der Waals surface area (Å²) in [6.07, 6.45) is 5.04. The van der Waals surface area contributed by atoms with Crippen molar-refractivity contribution in [1.82, 2.24) is 15.3 Å². The average molecular weight is 413 g/mol. The van der Waals surface area contributed by atoms with E-state index in [0.717, 1.165) is 24.9 Å². The van der Waals surface area contributed by atoms with Gasteiger partial charge >= 0.3 is 11.8 Å². The number of aromatic nitrogens is 2. The summed E-state index contributed by atoms with van der Waals surface area (Å²) >= 11 is 0. The number of alkyl halides is 4. The second kappa shape index (κ2) is 5.72. The average Bonchev–Trinajstić information content (AvgIpc) is 3.13. The van der Waals surface area contributed by atoms with Crippen LogP contribution in [0.2, 0.25) is 0 Å². The molecule has 1 spiro atoms. The van der Waals surface area contributed by atoms with Crippen LogP contribution in [0.3, 0.4) is 0 Å². The third-order valence-electron chi connectivity index (χ3n) is 6.86. The van der Waals surface area contributed by atoms with Crippen LogP contribution in [0.4, 0.5) is 17.6 Å². The molecule has 0 radical (unpaired) electrons. The summed E-state index contributed by atoms with van der Waals surface area (Å²) in [5, 5.41) is 3.46. The van der Waals surface area contributed by atoms with Crippen LogP contribution in [0.25, 0.3) is 22.4 Å². The molecular weight excluding hydrogens is 394 g/mol. The van der Waals surface area contributed by atoms with E-state index < -0.39 is 23.0 Å². The van der Waals surface area contributed by atoms with Crippen molar-refractivity contribution in [3.05, 3.63) is 65.6 Å². The van der Waals surface area contributed by atoms with Gasteiger partial charge in [0, 0.05) is 23.2 Å². The molecule has 1 aromatic heterocycles. The van der Waals surface area contributed by atoms with E-state index in [0.29, 0.717) is 16.7 Å². The molecular formula is C23H19F4N3. The molecule has 2 aliphatic carbocycles. The van der Waals surface area contributed by atoms with Crippen LogP contribution in [-0.4, -0.2) is 16.5 Å². The van der Waals surface area contributed by atoms with Crippen molar-refractivity contribution in [3.63, 3.8) is 0 Å². The third-order valence-corrected chi connectivity index (χ3v) is 6.86. The number of rotatable bonds is 2. The molecule has 0 bridgehead atoms. The van der Waals surface area contributed by atoms with Crippen molar-refractivity contribution in [2.45, 2.75) is 37.1 Å². The molecule has 6 rings (SSSR count). The molecule has 7 heteroatoms. The van der Waals surface area contributed by atoms with Gasteiger partial charge in [0.2, 0.25) is 0 Å². The maximum atomic E-state index is 14.9. The van der Waals surface area contributed by atoms with Crippen LogP contribution in [0.15, 0.2) is 48.7 Å². The van der Waals surface area contributed by atoms with Gasteiger partial charge in [0.1, 0.15) is 5.82 Å². The predicted octanol–water partition coefficient (Wildman–Crippen LogP) is 5.76. The van der Waals surface area contributed by atoms with Crippen molar-refractivity contribution >= 4 is 0 Å². The lowest BCUT2D eigenvalue weighted by Gasteiger charge is -2.35. The zero-order valence-electron chi connectivity index (χ0n) is 16.0. The fourth-order valence-corrected chi connectivity index (χ4v) is 4.86. The number of hydrogen-bond donors (Lipinski definition) is 2. The fourth-order valence-electron chi connectivity index (χ4n) is 4.86. The molecule has 2 aromatic carbocycles. The number of fused-ring (bicyclic) bond motifs is 3. The first kappa shape index (κ1) is 18.1. The number of nitrogens with one attached hydrogen (secondary N) is 2. The zero-order chi connectivity index (χ0) is 20.7. The molecule has 3 aromatic rings. The first-order valence-electron chi connectivity index (χ1n) is 10.1. The first-order valence-corrected chi connectivity index (χ1v) is 10.1. The Hall–Kier alpha value is -2.67. The van der Waals surface area contributed by atoms with Crippen molar-refractivity contribution in [3.8, 4) is 22.4 Å². The van der Waals surface area contributed by atoms with Crippen molar-refractivity contribution in [2.75, 3.05) is 6.54 Å². The highest BCUT2D eigenvalue weighted by Crippen LogP contribution is 2.58. The Morgan fingerprint density at radius 1 is 0.900 bits per heavy atom. The predicted molar refractivity (Wildman–Crippen MR) is 104 cm³/mol. The van der Waals surface area contributed by atoms with Gasteiger partial charge < -0.3 is 10.3 Å². The molecule has 1 aliphatic heterocycles. The Morgan fingerprint density at radius 3 is 2.40 bits per heavy atom. The van der Waals surface area contributed by atoms with Crippen molar-refractivity contribution in [2.24, 2.45) is 5.41 Å². The summed E-state index contributed by atoms with van der Waals surface area (Å²) in [5.41, 5.74) is 0.343. The Kier molecular flexibility index (Phi) is 3.46. The van der Waals surface area contributed by atoms with E-state index in [1.807, 2.05) is 0 Å². The summed E-state index contributed by atoms with van der Waals surface area (Å²) in [6, 6.07) is 9.93. The van der Waals surface area contributed by atoms with Crippen molar-refractivity contribution < 1.29 is 17.6 Å². The molecule has 0 amide bonds. The van der Waals surface area contributed by atoms with E-state index >= 15 is 0 Å². The monoisotopic (exact) mass is 413 g/mol. The highest BCUT2D eigenvalue weighted by Gasteiger charge is 2.62. The first-order chi connectivity index (χ1) is 14.3. The quantitative estimate of drug-likeness (QED) is 0.525. The molecule has 2 heterocycles. The van der Waals surface area contributed by atoms with E-state index in [9.17, 15) is 17.6 Å². The van der Waals surface area contributed by atoms with Gasteiger partial charge in [-0.05, 0) is 41.9 Å². The van der Waals surface area contributed by atoms with Crippen LogP contribution in [-0.2, 0) is 11.8 Å². The van der Waals surface area contributed by atoms with Gasteiger partial charge in [-0.1, -0.05) is 36.4 Å². The lowest BCUT2D eigenvalue weighted by atomic mass is 9.80. The van der Waals surface area contributed by atoms with E-state index in [2.05, 4.69) is 15.3 Å². The largest absolute Gasteiger partial charge is 0.341 e.